The van der Waals surface area contributed by atoms with Crippen LogP contribution in [0.5, 0.6) is 0 Å². The zero-order valence-electron chi connectivity index (χ0n) is 12.1. The molecule has 3 N–H and O–H groups in total. The van der Waals surface area contributed by atoms with Crippen molar-refractivity contribution in [3.05, 3.63) is 10.6 Å². The highest BCUT2D eigenvalue weighted by molar-refractivity contribution is 7.05. The van der Waals surface area contributed by atoms with Gasteiger partial charge in [-0.15, -0.1) is 5.10 Å². The van der Waals surface area contributed by atoms with Gasteiger partial charge >= 0.3 is 0 Å². The minimum absolute atomic E-state index is 0.154. The number of hydrazine groups is 1. The van der Waals surface area contributed by atoms with Crippen LogP contribution < -0.4 is 11.3 Å². The Morgan fingerprint density at radius 1 is 1.55 bits per heavy atom. The van der Waals surface area contributed by atoms with Crippen LogP contribution in [0.2, 0.25) is 0 Å². The van der Waals surface area contributed by atoms with Crippen molar-refractivity contribution in [3.63, 3.8) is 0 Å². The summed E-state index contributed by atoms with van der Waals surface area (Å²) in [5, 5.41) is 4.28. The van der Waals surface area contributed by atoms with Gasteiger partial charge in [0, 0.05) is 6.61 Å². The largest absolute Gasteiger partial charge is 0.375 e. The van der Waals surface area contributed by atoms with Crippen molar-refractivity contribution in [1.82, 2.24) is 15.0 Å². The van der Waals surface area contributed by atoms with Gasteiger partial charge in [0.15, 0.2) is 0 Å². The van der Waals surface area contributed by atoms with Gasteiger partial charge in [-0.25, -0.2) is 0 Å². The molecule has 112 valence electrons. The zero-order valence-corrected chi connectivity index (χ0v) is 12.9. The molecule has 1 aromatic rings. The highest BCUT2D eigenvalue weighted by Crippen LogP contribution is 2.47. The topological polar surface area (TPSA) is 73.1 Å². The molecule has 1 aromatic heterocycles. The summed E-state index contributed by atoms with van der Waals surface area (Å²) in [5.74, 6) is 6.40. The average molecular weight is 296 g/mol. The molecular formula is C14H24N4OS. The SMILES string of the molecule is CCCc1nnsc1C(NN)C1CCOC2(CCC2)C1. The van der Waals surface area contributed by atoms with Crippen LogP contribution in [0.4, 0.5) is 0 Å². The fourth-order valence-electron chi connectivity index (χ4n) is 3.56. The molecule has 6 heteroatoms. The molecule has 2 unspecified atom stereocenters. The van der Waals surface area contributed by atoms with Gasteiger partial charge in [0.05, 0.1) is 22.2 Å². The lowest BCUT2D eigenvalue weighted by atomic mass is 9.70. The third-order valence-corrected chi connectivity index (χ3v) is 5.65. The molecule has 0 aromatic carbocycles. The molecule has 0 amide bonds. The predicted molar refractivity (Wildman–Crippen MR) is 79.2 cm³/mol. The Morgan fingerprint density at radius 2 is 2.40 bits per heavy atom. The molecule has 1 saturated heterocycles. The smallest absolute Gasteiger partial charge is 0.0804 e. The van der Waals surface area contributed by atoms with E-state index in [1.54, 1.807) is 0 Å². The van der Waals surface area contributed by atoms with E-state index >= 15 is 0 Å². The van der Waals surface area contributed by atoms with E-state index < -0.39 is 0 Å². The van der Waals surface area contributed by atoms with Crippen LogP contribution in [0.15, 0.2) is 0 Å². The van der Waals surface area contributed by atoms with Crippen molar-refractivity contribution < 1.29 is 4.74 Å². The van der Waals surface area contributed by atoms with E-state index in [0.29, 0.717) is 5.92 Å². The number of nitrogens with one attached hydrogen (secondary N) is 1. The van der Waals surface area contributed by atoms with Crippen LogP contribution in [0, 0.1) is 5.92 Å². The summed E-state index contributed by atoms with van der Waals surface area (Å²) in [4.78, 5) is 1.23. The number of aryl methyl sites for hydroxylation is 1. The van der Waals surface area contributed by atoms with Crippen molar-refractivity contribution in [2.45, 2.75) is 63.5 Å². The molecule has 1 aliphatic heterocycles. The summed E-state index contributed by atoms with van der Waals surface area (Å²) in [5.41, 5.74) is 4.31. The number of rotatable bonds is 5. The first-order valence-corrected chi connectivity index (χ1v) is 8.46. The molecular weight excluding hydrogens is 272 g/mol. The number of ether oxygens (including phenoxy) is 1. The Bertz CT molecular complexity index is 446. The molecule has 2 atom stereocenters. The van der Waals surface area contributed by atoms with E-state index in [-0.39, 0.29) is 11.6 Å². The molecule has 5 nitrogen and oxygen atoms in total. The molecule has 1 aliphatic carbocycles. The molecule has 2 heterocycles. The van der Waals surface area contributed by atoms with E-state index in [4.69, 9.17) is 10.6 Å². The summed E-state index contributed by atoms with van der Waals surface area (Å²) < 4.78 is 10.2. The van der Waals surface area contributed by atoms with Gasteiger partial charge in [0.1, 0.15) is 0 Å². The summed E-state index contributed by atoms with van der Waals surface area (Å²) >= 11 is 1.50. The minimum Gasteiger partial charge on any atom is -0.375 e. The Morgan fingerprint density at radius 3 is 3.05 bits per heavy atom. The fraction of sp³-hybridized carbons (Fsp3) is 0.857. The van der Waals surface area contributed by atoms with E-state index in [9.17, 15) is 0 Å². The van der Waals surface area contributed by atoms with Crippen molar-refractivity contribution >= 4 is 11.5 Å². The summed E-state index contributed by atoms with van der Waals surface area (Å²) in [6.45, 7) is 3.03. The van der Waals surface area contributed by atoms with Crippen LogP contribution in [0.3, 0.4) is 0 Å². The molecule has 0 radical (unpaired) electrons. The fourth-order valence-corrected chi connectivity index (χ4v) is 4.41. The lowest BCUT2D eigenvalue weighted by Gasteiger charge is -2.48. The highest BCUT2D eigenvalue weighted by Gasteiger charge is 2.45. The van der Waals surface area contributed by atoms with Crippen LogP contribution in [0.1, 0.15) is 62.1 Å². The maximum Gasteiger partial charge on any atom is 0.0804 e. The zero-order chi connectivity index (χ0) is 14.0. The molecule has 0 bridgehead atoms. The number of nitrogens with two attached hydrogens (primary N) is 1. The second-order valence-electron chi connectivity index (χ2n) is 6.12. The Kier molecular flexibility index (Phi) is 4.35. The van der Waals surface area contributed by atoms with Crippen molar-refractivity contribution in [2.24, 2.45) is 11.8 Å². The monoisotopic (exact) mass is 296 g/mol. The second kappa shape index (κ2) is 6.05. The van der Waals surface area contributed by atoms with Gasteiger partial charge in [0.2, 0.25) is 0 Å². The number of hydrogen-bond donors (Lipinski definition) is 2. The predicted octanol–water partition coefficient (Wildman–Crippen LogP) is 2.34. The highest BCUT2D eigenvalue weighted by atomic mass is 32.1. The molecule has 2 aliphatic rings. The third-order valence-electron chi connectivity index (χ3n) is 4.80. The average Bonchev–Trinajstić information content (AvgIpc) is 2.87. The Labute approximate surface area is 124 Å². The van der Waals surface area contributed by atoms with Crippen molar-refractivity contribution in [3.8, 4) is 0 Å². The molecule has 1 saturated carbocycles. The standard InChI is InChI=1S/C14H24N4OS/c1-2-4-11-13(20-18-17-11)12(16-15)10-5-8-19-14(9-10)6-3-7-14/h10,12,16H,2-9,15H2,1H3. The first-order valence-electron chi connectivity index (χ1n) is 7.69. The maximum atomic E-state index is 6.02. The Balaban J connectivity index is 1.76. The van der Waals surface area contributed by atoms with Gasteiger partial charge in [0.25, 0.3) is 0 Å². The number of aromatic nitrogens is 2. The first-order chi connectivity index (χ1) is 9.78. The van der Waals surface area contributed by atoms with E-state index in [2.05, 4.69) is 21.9 Å². The van der Waals surface area contributed by atoms with E-state index in [0.717, 1.165) is 38.0 Å². The van der Waals surface area contributed by atoms with Crippen LogP contribution in [-0.2, 0) is 11.2 Å². The van der Waals surface area contributed by atoms with Gasteiger partial charge in [-0.2, -0.15) is 0 Å². The van der Waals surface area contributed by atoms with Crippen molar-refractivity contribution in [1.29, 1.82) is 0 Å². The molecule has 1 spiro atoms. The first kappa shape index (κ1) is 14.4. The normalized spacial score (nSPS) is 26.4. The van der Waals surface area contributed by atoms with E-state index in [1.165, 1.54) is 35.7 Å². The second-order valence-corrected chi connectivity index (χ2v) is 6.90. The van der Waals surface area contributed by atoms with Gasteiger partial charge in [-0.1, -0.05) is 17.8 Å². The van der Waals surface area contributed by atoms with Gasteiger partial charge < -0.3 is 4.74 Å². The Hall–Kier alpha value is -0.560. The number of nitrogens with zero attached hydrogens (tertiary/aromatic N) is 2. The summed E-state index contributed by atoms with van der Waals surface area (Å²) in [6, 6.07) is 0.179. The van der Waals surface area contributed by atoms with Crippen LogP contribution in [0.25, 0.3) is 0 Å². The summed E-state index contributed by atoms with van der Waals surface area (Å²) in [6.07, 6.45) is 7.99. The van der Waals surface area contributed by atoms with Gasteiger partial charge in [-0.3, -0.25) is 11.3 Å². The lowest BCUT2D eigenvalue weighted by molar-refractivity contribution is -0.147. The molecule has 3 rings (SSSR count). The van der Waals surface area contributed by atoms with Crippen molar-refractivity contribution in [2.75, 3.05) is 6.61 Å². The molecule has 20 heavy (non-hydrogen) atoms. The van der Waals surface area contributed by atoms with Gasteiger partial charge in [-0.05, 0) is 56.0 Å². The minimum atomic E-state index is 0.154. The van der Waals surface area contributed by atoms with E-state index in [1.807, 2.05) is 0 Å². The lowest BCUT2D eigenvalue weighted by Crippen LogP contribution is -2.48. The maximum absolute atomic E-state index is 6.02. The third kappa shape index (κ3) is 2.62. The van der Waals surface area contributed by atoms with Crippen LogP contribution >= 0.6 is 11.5 Å². The van der Waals surface area contributed by atoms with Crippen LogP contribution in [-0.4, -0.2) is 21.8 Å². The quantitative estimate of drug-likeness (QED) is 0.644. The molecule has 2 fully saturated rings. The number of hydrogen-bond acceptors (Lipinski definition) is 6. The summed E-state index contributed by atoms with van der Waals surface area (Å²) in [7, 11) is 0.